The van der Waals surface area contributed by atoms with Crippen molar-refractivity contribution in [1.29, 1.82) is 0 Å². The van der Waals surface area contributed by atoms with Gasteiger partial charge >= 0.3 is 0 Å². The summed E-state index contributed by atoms with van der Waals surface area (Å²) in [5.74, 6) is 0. The molecule has 0 bridgehead atoms. The molecule has 0 heterocycles. The molecular weight excluding hydrogens is 577 g/mol. The quantitative estimate of drug-likeness (QED) is 0.175. The van der Waals surface area contributed by atoms with Crippen LogP contribution in [0, 0.1) is 0 Å². The second-order valence-corrected chi connectivity index (χ2v) is 12.8. The SMILES string of the molecule is c1ccc(-c2c(-c3ccccc3)c(-c3ccccc3)c3c(c2-c2ccccc2)-c2cc4ccccc4c4c2c-3cc2ccccc24)cc1. The summed E-state index contributed by atoms with van der Waals surface area (Å²) in [5.41, 5.74) is 15.2. The molecule has 0 aromatic heterocycles. The van der Waals surface area contributed by atoms with Crippen molar-refractivity contribution in [3.63, 3.8) is 0 Å². The van der Waals surface area contributed by atoms with Crippen molar-refractivity contribution in [1.82, 2.24) is 0 Å². The van der Waals surface area contributed by atoms with Gasteiger partial charge < -0.3 is 0 Å². The highest BCUT2D eigenvalue weighted by Crippen LogP contribution is 2.62. The fourth-order valence-electron chi connectivity index (χ4n) is 8.24. The Morgan fingerprint density at radius 2 is 0.521 bits per heavy atom. The molecule has 9 aromatic carbocycles. The van der Waals surface area contributed by atoms with Gasteiger partial charge in [-0.15, -0.1) is 0 Å². The van der Waals surface area contributed by atoms with E-state index < -0.39 is 0 Å². The second-order valence-electron chi connectivity index (χ2n) is 12.8. The van der Waals surface area contributed by atoms with E-state index in [0.29, 0.717) is 0 Å². The Labute approximate surface area is 280 Å². The topological polar surface area (TPSA) is 0 Å². The second kappa shape index (κ2) is 10.7. The van der Waals surface area contributed by atoms with Crippen molar-refractivity contribution in [3.8, 4) is 66.8 Å². The summed E-state index contributed by atoms with van der Waals surface area (Å²) in [6.07, 6.45) is 0. The van der Waals surface area contributed by atoms with Gasteiger partial charge in [-0.2, -0.15) is 0 Å². The Bertz CT molecular complexity index is 2490. The number of fused-ring (bicyclic) bond motifs is 7. The van der Waals surface area contributed by atoms with E-state index in [1.807, 2.05) is 0 Å². The summed E-state index contributed by atoms with van der Waals surface area (Å²) in [6.45, 7) is 0. The molecular formula is C48H30. The summed E-state index contributed by atoms with van der Waals surface area (Å²) < 4.78 is 0. The predicted molar refractivity (Wildman–Crippen MR) is 205 cm³/mol. The van der Waals surface area contributed by atoms with Gasteiger partial charge in [0.1, 0.15) is 0 Å². The third kappa shape index (κ3) is 3.90. The van der Waals surface area contributed by atoms with Gasteiger partial charge in [-0.3, -0.25) is 0 Å². The minimum Gasteiger partial charge on any atom is -0.0622 e. The molecule has 0 saturated carbocycles. The lowest BCUT2D eigenvalue weighted by molar-refractivity contribution is 1.54. The molecule has 0 unspecified atom stereocenters. The molecule has 1 aliphatic carbocycles. The van der Waals surface area contributed by atoms with E-state index in [-0.39, 0.29) is 0 Å². The van der Waals surface area contributed by atoms with E-state index in [0.717, 1.165) is 0 Å². The molecule has 0 heteroatoms. The van der Waals surface area contributed by atoms with Crippen LogP contribution in [0.4, 0.5) is 0 Å². The lowest BCUT2D eigenvalue weighted by Gasteiger charge is -2.26. The zero-order valence-corrected chi connectivity index (χ0v) is 26.3. The van der Waals surface area contributed by atoms with Crippen LogP contribution in [0.3, 0.4) is 0 Å². The molecule has 0 N–H and O–H groups in total. The highest BCUT2D eigenvalue weighted by atomic mass is 14.4. The van der Waals surface area contributed by atoms with Gasteiger partial charge in [0.2, 0.25) is 0 Å². The largest absolute Gasteiger partial charge is 0.0622 e. The fraction of sp³-hybridized carbons (Fsp3) is 0. The molecule has 0 nitrogen and oxygen atoms in total. The Morgan fingerprint density at radius 1 is 0.229 bits per heavy atom. The molecule has 0 atom stereocenters. The summed E-state index contributed by atoms with van der Waals surface area (Å²) >= 11 is 0. The van der Waals surface area contributed by atoms with Crippen LogP contribution < -0.4 is 0 Å². The Balaban J connectivity index is 1.54. The predicted octanol–water partition coefficient (Wildman–Crippen LogP) is 13.5. The van der Waals surface area contributed by atoms with Gasteiger partial charge in [-0.05, 0) is 111 Å². The highest BCUT2D eigenvalue weighted by molar-refractivity contribution is 6.34. The Kier molecular flexibility index (Phi) is 5.98. The average molecular weight is 607 g/mol. The first-order valence-electron chi connectivity index (χ1n) is 16.7. The third-order valence-electron chi connectivity index (χ3n) is 10.1. The van der Waals surface area contributed by atoms with Gasteiger partial charge in [-0.1, -0.05) is 170 Å². The maximum atomic E-state index is 2.46. The van der Waals surface area contributed by atoms with Crippen LogP contribution in [0.5, 0.6) is 0 Å². The van der Waals surface area contributed by atoms with Gasteiger partial charge in [0, 0.05) is 0 Å². The van der Waals surface area contributed by atoms with Crippen molar-refractivity contribution >= 4 is 32.3 Å². The molecule has 0 radical (unpaired) electrons. The van der Waals surface area contributed by atoms with Crippen LogP contribution in [0.1, 0.15) is 0 Å². The summed E-state index contributed by atoms with van der Waals surface area (Å²) in [7, 11) is 0. The monoisotopic (exact) mass is 606 g/mol. The lowest BCUT2D eigenvalue weighted by atomic mass is 9.76. The van der Waals surface area contributed by atoms with E-state index in [2.05, 4.69) is 182 Å². The van der Waals surface area contributed by atoms with E-state index in [9.17, 15) is 0 Å². The fourth-order valence-corrected chi connectivity index (χ4v) is 8.24. The first kappa shape index (κ1) is 26.9. The van der Waals surface area contributed by atoms with Crippen LogP contribution in [-0.2, 0) is 0 Å². The number of hydrogen-bond donors (Lipinski definition) is 0. The zero-order chi connectivity index (χ0) is 31.6. The molecule has 9 aromatic rings. The molecule has 0 fully saturated rings. The van der Waals surface area contributed by atoms with E-state index >= 15 is 0 Å². The maximum Gasteiger partial charge on any atom is -0.000696 e. The van der Waals surface area contributed by atoms with Crippen molar-refractivity contribution in [2.24, 2.45) is 0 Å². The van der Waals surface area contributed by atoms with Gasteiger partial charge in [-0.25, -0.2) is 0 Å². The summed E-state index contributed by atoms with van der Waals surface area (Å²) in [5, 5.41) is 7.83. The standard InChI is InChI=1S/C48H30/c1-5-17-31(18-6-1)41-42(32-19-7-2-8-20-32)44(34-23-11-4-12-24-34)48-40-30-36-26-14-16-28-38(36)45-37-27-15-13-25-35(37)29-39(46(40)45)47(48)43(41)33-21-9-3-10-22-33/h1-30H. The maximum absolute atomic E-state index is 2.46. The van der Waals surface area contributed by atoms with E-state index in [1.165, 1.54) is 99.1 Å². The van der Waals surface area contributed by atoms with Gasteiger partial charge in [0.25, 0.3) is 0 Å². The molecule has 0 amide bonds. The zero-order valence-electron chi connectivity index (χ0n) is 26.3. The summed E-state index contributed by atoms with van der Waals surface area (Å²) in [4.78, 5) is 0. The smallest absolute Gasteiger partial charge is 0.000696 e. The first-order valence-corrected chi connectivity index (χ1v) is 16.7. The van der Waals surface area contributed by atoms with Crippen LogP contribution in [0.15, 0.2) is 182 Å². The molecule has 0 spiro atoms. The van der Waals surface area contributed by atoms with Crippen molar-refractivity contribution < 1.29 is 0 Å². The molecule has 1 aliphatic rings. The Hall–Kier alpha value is -6.24. The number of hydrogen-bond acceptors (Lipinski definition) is 0. The normalized spacial score (nSPS) is 11.8. The number of benzene rings is 9. The molecule has 48 heavy (non-hydrogen) atoms. The summed E-state index contributed by atoms with van der Waals surface area (Å²) in [6, 6.07) is 66.9. The number of rotatable bonds is 4. The van der Waals surface area contributed by atoms with Crippen molar-refractivity contribution in [2.75, 3.05) is 0 Å². The molecule has 0 aliphatic heterocycles. The average Bonchev–Trinajstić information content (AvgIpc) is 3.48. The van der Waals surface area contributed by atoms with E-state index in [1.54, 1.807) is 0 Å². The first-order chi connectivity index (χ1) is 23.9. The Morgan fingerprint density at radius 3 is 0.875 bits per heavy atom. The molecule has 222 valence electrons. The highest BCUT2D eigenvalue weighted by Gasteiger charge is 2.34. The van der Waals surface area contributed by atoms with Crippen LogP contribution in [0.2, 0.25) is 0 Å². The van der Waals surface area contributed by atoms with Gasteiger partial charge in [0.15, 0.2) is 0 Å². The van der Waals surface area contributed by atoms with Crippen LogP contribution >= 0.6 is 0 Å². The van der Waals surface area contributed by atoms with E-state index in [4.69, 9.17) is 0 Å². The van der Waals surface area contributed by atoms with Crippen LogP contribution in [-0.4, -0.2) is 0 Å². The molecule has 0 saturated heterocycles. The minimum absolute atomic E-state index is 1.22. The minimum atomic E-state index is 1.22. The lowest BCUT2D eigenvalue weighted by Crippen LogP contribution is -1.99. The van der Waals surface area contributed by atoms with Crippen molar-refractivity contribution in [2.45, 2.75) is 0 Å². The van der Waals surface area contributed by atoms with Crippen LogP contribution in [0.25, 0.3) is 99.1 Å². The van der Waals surface area contributed by atoms with Crippen molar-refractivity contribution in [3.05, 3.63) is 182 Å². The third-order valence-corrected chi connectivity index (χ3v) is 10.1. The molecule has 10 rings (SSSR count). The van der Waals surface area contributed by atoms with Gasteiger partial charge in [0.05, 0.1) is 0 Å².